The number of halogens is 1. The van der Waals surface area contributed by atoms with E-state index in [-0.39, 0.29) is 5.82 Å². The van der Waals surface area contributed by atoms with Crippen molar-refractivity contribution in [3.8, 4) is 0 Å². The Balaban J connectivity index is 2.32. The first-order chi connectivity index (χ1) is 8.15. The Bertz CT molecular complexity index is 418. The van der Waals surface area contributed by atoms with Crippen molar-refractivity contribution < 1.29 is 13.9 Å². The van der Waals surface area contributed by atoms with Gasteiger partial charge in [0.05, 0.1) is 7.11 Å². The van der Waals surface area contributed by atoms with E-state index in [9.17, 15) is 9.18 Å². The maximum atomic E-state index is 13.7. The fourth-order valence-electron chi connectivity index (χ4n) is 2.01. The van der Waals surface area contributed by atoms with Gasteiger partial charge in [0.2, 0.25) is 0 Å². The van der Waals surface area contributed by atoms with Crippen molar-refractivity contribution in [1.29, 1.82) is 0 Å². The summed E-state index contributed by atoms with van der Waals surface area (Å²) in [5.41, 5.74) is 0.383. The molecule has 0 N–H and O–H groups in total. The average molecular weight is 237 g/mol. The van der Waals surface area contributed by atoms with Crippen LogP contribution in [0.4, 0.5) is 4.39 Å². The molecule has 1 fully saturated rings. The molecule has 0 bridgehead atoms. The molecule has 0 amide bonds. The largest absolute Gasteiger partial charge is 0.468 e. The van der Waals surface area contributed by atoms with Crippen molar-refractivity contribution >= 4 is 5.97 Å². The van der Waals surface area contributed by atoms with Crippen LogP contribution in [0.3, 0.4) is 0 Å². The number of rotatable bonds is 4. The van der Waals surface area contributed by atoms with Gasteiger partial charge in [-0.3, -0.25) is 4.90 Å². The summed E-state index contributed by atoms with van der Waals surface area (Å²) in [6, 6.07) is 6.06. The maximum Gasteiger partial charge on any atom is 0.327 e. The van der Waals surface area contributed by atoms with Gasteiger partial charge in [0.1, 0.15) is 11.9 Å². The molecule has 0 heterocycles. The molecule has 0 spiro atoms. The van der Waals surface area contributed by atoms with Gasteiger partial charge in [-0.1, -0.05) is 18.2 Å². The van der Waals surface area contributed by atoms with E-state index < -0.39 is 12.0 Å². The molecule has 1 aromatic rings. The lowest BCUT2D eigenvalue weighted by Gasteiger charge is -2.26. The standard InChI is InChI=1S/C13H16FNO2/c1-15(9-7-8-9)12(13(16)17-2)10-5-3-4-6-11(10)14/h3-6,9,12H,7-8H2,1-2H3. The first kappa shape index (κ1) is 12.0. The second kappa shape index (κ2) is 4.84. The number of methoxy groups -OCH3 is 1. The van der Waals surface area contributed by atoms with E-state index in [1.165, 1.54) is 13.2 Å². The van der Waals surface area contributed by atoms with E-state index in [0.29, 0.717) is 11.6 Å². The molecule has 0 aliphatic heterocycles. The minimum atomic E-state index is -0.645. The smallest absolute Gasteiger partial charge is 0.327 e. The molecule has 0 saturated heterocycles. The monoisotopic (exact) mass is 237 g/mol. The number of ether oxygens (including phenoxy) is 1. The van der Waals surface area contributed by atoms with Gasteiger partial charge < -0.3 is 4.74 Å². The summed E-state index contributed by atoms with van der Waals surface area (Å²) >= 11 is 0. The van der Waals surface area contributed by atoms with Crippen molar-refractivity contribution in [2.24, 2.45) is 0 Å². The lowest BCUT2D eigenvalue weighted by atomic mass is 10.0. The molecule has 1 aliphatic carbocycles. The Morgan fingerprint density at radius 1 is 1.47 bits per heavy atom. The lowest BCUT2D eigenvalue weighted by molar-refractivity contribution is -0.147. The molecule has 3 nitrogen and oxygen atoms in total. The second-order valence-corrected chi connectivity index (χ2v) is 4.34. The van der Waals surface area contributed by atoms with Crippen molar-refractivity contribution in [2.75, 3.05) is 14.2 Å². The van der Waals surface area contributed by atoms with Crippen molar-refractivity contribution in [1.82, 2.24) is 4.90 Å². The van der Waals surface area contributed by atoms with Gasteiger partial charge in [-0.05, 0) is 26.0 Å². The van der Waals surface area contributed by atoms with Crippen LogP contribution in [0.2, 0.25) is 0 Å². The molecular formula is C13H16FNO2. The molecule has 92 valence electrons. The molecule has 1 atom stereocenters. The van der Waals surface area contributed by atoms with Crippen LogP contribution in [0.25, 0.3) is 0 Å². The first-order valence-corrected chi connectivity index (χ1v) is 5.69. The predicted molar refractivity (Wildman–Crippen MR) is 61.9 cm³/mol. The number of likely N-dealkylation sites (N-methyl/N-ethyl adjacent to an activating group) is 1. The second-order valence-electron chi connectivity index (χ2n) is 4.34. The summed E-state index contributed by atoms with van der Waals surface area (Å²) in [7, 11) is 3.17. The van der Waals surface area contributed by atoms with Gasteiger partial charge in [0.15, 0.2) is 0 Å². The molecule has 4 heteroatoms. The van der Waals surface area contributed by atoms with Gasteiger partial charge in [-0.2, -0.15) is 0 Å². The van der Waals surface area contributed by atoms with Crippen molar-refractivity contribution in [3.63, 3.8) is 0 Å². The number of carbonyl (C=O) groups is 1. The van der Waals surface area contributed by atoms with Crippen molar-refractivity contribution in [3.05, 3.63) is 35.6 Å². The number of esters is 1. The number of carbonyl (C=O) groups excluding carboxylic acids is 1. The Hall–Kier alpha value is -1.42. The Kier molecular flexibility index (Phi) is 3.43. The van der Waals surface area contributed by atoms with Crippen molar-refractivity contribution in [2.45, 2.75) is 24.9 Å². The quantitative estimate of drug-likeness (QED) is 0.751. The Labute approximate surface area is 100 Å². The molecular weight excluding hydrogens is 221 g/mol. The topological polar surface area (TPSA) is 29.5 Å². The van der Waals surface area contributed by atoms with Crippen LogP contribution in [0.1, 0.15) is 24.4 Å². The summed E-state index contributed by atoms with van der Waals surface area (Å²) in [6.45, 7) is 0. The molecule has 1 aromatic carbocycles. The van der Waals surface area contributed by atoms with Crippen LogP contribution < -0.4 is 0 Å². The lowest BCUT2D eigenvalue weighted by Crippen LogP contribution is -2.34. The highest BCUT2D eigenvalue weighted by atomic mass is 19.1. The number of hydrogen-bond acceptors (Lipinski definition) is 3. The van der Waals surface area contributed by atoms with Gasteiger partial charge in [-0.15, -0.1) is 0 Å². The zero-order valence-electron chi connectivity index (χ0n) is 10.0. The van der Waals surface area contributed by atoms with Crippen LogP contribution in [0.5, 0.6) is 0 Å². The summed E-state index contributed by atoms with van der Waals surface area (Å²) in [4.78, 5) is 13.7. The van der Waals surface area contributed by atoms with Crippen LogP contribution in [0, 0.1) is 5.82 Å². The third-order valence-electron chi connectivity index (χ3n) is 3.15. The Morgan fingerprint density at radius 3 is 2.65 bits per heavy atom. The van der Waals surface area contributed by atoms with Gasteiger partial charge in [0.25, 0.3) is 0 Å². The SMILES string of the molecule is COC(=O)C(c1ccccc1F)N(C)C1CC1. The van der Waals surface area contributed by atoms with Crippen LogP contribution >= 0.6 is 0 Å². The van der Waals surface area contributed by atoms with E-state index in [4.69, 9.17) is 4.74 Å². The molecule has 0 radical (unpaired) electrons. The third-order valence-corrected chi connectivity index (χ3v) is 3.15. The van der Waals surface area contributed by atoms with E-state index >= 15 is 0 Å². The summed E-state index contributed by atoms with van der Waals surface area (Å²) in [6.07, 6.45) is 2.11. The molecule has 17 heavy (non-hydrogen) atoms. The zero-order valence-corrected chi connectivity index (χ0v) is 10.0. The predicted octanol–water partition coefficient (Wildman–Crippen LogP) is 2.13. The molecule has 1 saturated carbocycles. The average Bonchev–Trinajstić information content (AvgIpc) is 3.15. The minimum Gasteiger partial charge on any atom is -0.468 e. The third kappa shape index (κ3) is 2.47. The zero-order chi connectivity index (χ0) is 12.4. The normalized spacial score (nSPS) is 16.9. The van der Waals surface area contributed by atoms with Crippen LogP contribution in [-0.2, 0) is 9.53 Å². The highest BCUT2D eigenvalue weighted by molar-refractivity contribution is 5.77. The van der Waals surface area contributed by atoms with Gasteiger partial charge >= 0.3 is 5.97 Å². The number of nitrogens with zero attached hydrogens (tertiary/aromatic N) is 1. The van der Waals surface area contributed by atoms with E-state index in [1.54, 1.807) is 18.2 Å². The number of hydrogen-bond donors (Lipinski definition) is 0. The molecule has 1 aliphatic rings. The molecule has 1 unspecified atom stereocenters. The van der Waals surface area contributed by atoms with E-state index in [0.717, 1.165) is 12.8 Å². The fraction of sp³-hybridized carbons (Fsp3) is 0.462. The van der Waals surface area contributed by atoms with Gasteiger partial charge in [0, 0.05) is 11.6 Å². The van der Waals surface area contributed by atoms with E-state index in [2.05, 4.69) is 0 Å². The summed E-state index contributed by atoms with van der Waals surface area (Å²) < 4.78 is 18.5. The molecule has 2 rings (SSSR count). The first-order valence-electron chi connectivity index (χ1n) is 5.69. The highest BCUT2D eigenvalue weighted by Crippen LogP contribution is 2.34. The number of benzene rings is 1. The minimum absolute atomic E-state index is 0.360. The Morgan fingerprint density at radius 2 is 2.12 bits per heavy atom. The van der Waals surface area contributed by atoms with Gasteiger partial charge in [-0.25, -0.2) is 9.18 Å². The summed E-state index contributed by atoms with van der Waals surface area (Å²) in [5, 5.41) is 0. The van der Waals surface area contributed by atoms with Crippen LogP contribution in [-0.4, -0.2) is 31.1 Å². The maximum absolute atomic E-state index is 13.7. The molecule has 0 aromatic heterocycles. The van der Waals surface area contributed by atoms with E-state index in [1.807, 2.05) is 11.9 Å². The van der Waals surface area contributed by atoms with Crippen LogP contribution in [0.15, 0.2) is 24.3 Å². The fourth-order valence-corrected chi connectivity index (χ4v) is 2.01. The summed E-state index contributed by atoms with van der Waals surface area (Å²) in [5.74, 6) is -0.778. The highest BCUT2D eigenvalue weighted by Gasteiger charge is 2.37.